The minimum atomic E-state index is -0.617. The van der Waals surface area contributed by atoms with Gasteiger partial charge in [-0.05, 0) is 24.6 Å². The Morgan fingerprint density at radius 1 is 1.25 bits per heavy atom. The van der Waals surface area contributed by atoms with Crippen molar-refractivity contribution < 1.29 is 13.6 Å². The summed E-state index contributed by atoms with van der Waals surface area (Å²) >= 11 is 0. The molecule has 1 aliphatic heterocycles. The molecule has 1 N–H and O–H groups in total. The molecule has 3 rings (SSSR count). The van der Waals surface area contributed by atoms with Crippen LogP contribution >= 0.6 is 0 Å². The third-order valence-corrected chi connectivity index (χ3v) is 4.14. The molecule has 1 aromatic carbocycles. The van der Waals surface area contributed by atoms with Gasteiger partial charge in [0, 0.05) is 44.0 Å². The van der Waals surface area contributed by atoms with Gasteiger partial charge >= 0.3 is 0 Å². The van der Waals surface area contributed by atoms with E-state index in [9.17, 15) is 18.4 Å². The van der Waals surface area contributed by atoms with E-state index >= 15 is 0 Å². The molecule has 2 aromatic rings. The van der Waals surface area contributed by atoms with E-state index in [1.807, 2.05) is 0 Å². The Hall–Kier alpha value is -2.70. The number of hydrogen-bond acceptors (Lipinski definition) is 3. The number of pyridine rings is 1. The van der Waals surface area contributed by atoms with E-state index in [2.05, 4.69) is 5.32 Å². The Bertz CT molecular complexity index is 815. The van der Waals surface area contributed by atoms with Gasteiger partial charge in [0.1, 0.15) is 17.3 Å². The second-order valence-electron chi connectivity index (χ2n) is 5.84. The fraction of sp³-hybridized carbons (Fsp3) is 0.294. The molecule has 0 unspecified atom stereocenters. The van der Waals surface area contributed by atoms with Crippen LogP contribution in [0.25, 0.3) is 0 Å². The first kappa shape index (κ1) is 16.2. The Morgan fingerprint density at radius 3 is 2.62 bits per heavy atom. The molecule has 1 atom stereocenters. The molecular weight excluding hydrogens is 316 g/mol. The summed E-state index contributed by atoms with van der Waals surface area (Å²) in [5.74, 6) is -1.60. The highest BCUT2D eigenvalue weighted by molar-refractivity contribution is 5.94. The third kappa shape index (κ3) is 3.15. The molecule has 1 aromatic heterocycles. The Morgan fingerprint density at radius 2 is 1.96 bits per heavy atom. The summed E-state index contributed by atoms with van der Waals surface area (Å²) in [6, 6.07) is 6.33. The molecule has 0 saturated carbocycles. The highest BCUT2D eigenvalue weighted by Crippen LogP contribution is 2.26. The zero-order chi connectivity index (χ0) is 17.3. The maximum absolute atomic E-state index is 13.8. The minimum Gasteiger partial charge on any atom is -0.365 e. The molecule has 1 saturated heterocycles. The molecular formula is C17H17F2N3O2. The monoisotopic (exact) mass is 333 g/mol. The van der Waals surface area contributed by atoms with Gasteiger partial charge in [0.15, 0.2) is 0 Å². The number of benzene rings is 1. The number of halogens is 2. The summed E-state index contributed by atoms with van der Waals surface area (Å²) in [5.41, 5.74) is -0.0689. The van der Waals surface area contributed by atoms with Crippen LogP contribution in [0.1, 0.15) is 16.8 Å². The highest BCUT2D eigenvalue weighted by atomic mass is 19.1. The highest BCUT2D eigenvalue weighted by Gasteiger charge is 2.27. The number of hydrogen-bond donors (Lipinski definition) is 1. The summed E-state index contributed by atoms with van der Waals surface area (Å²) in [4.78, 5) is 25.4. The maximum atomic E-state index is 13.8. The lowest BCUT2D eigenvalue weighted by molar-refractivity contribution is 0.0940. The number of carbonyl (C=O) groups is 1. The van der Waals surface area contributed by atoms with Crippen LogP contribution < -0.4 is 15.8 Å². The standard InChI is InChI=1S/C17H17F2N3O2/c1-21-7-5-11(9-15(21)23)17(24)20-12-6-8-22(10-12)16-13(18)3-2-4-14(16)19/h2-5,7,9,12H,6,8,10H2,1H3,(H,20,24)/t12-/m1/s1. The van der Waals surface area contributed by atoms with E-state index in [1.54, 1.807) is 18.0 Å². The van der Waals surface area contributed by atoms with Crippen molar-refractivity contribution in [2.75, 3.05) is 18.0 Å². The number of carbonyl (C=O) groups excluding carboxylic acids is 1. The first-order valence-electron chi connectivity index (χ1n) is 7.62. The second-order valence-corrected chi connectivity index (χ2v) is 5.84. The van der Waals surface area contributed by atoms with E-state index in [1.165, 1.54) is 35.0 Å². The molecule has 0 aliphatic carbocycles. The number of aromatic nitrogens is 1. The normalized spacial score (nSPS) is 17.1. The van der Waals surface area contributed by atoms with Crippen molar-refractivity contribution in [1.29, 1.82) is 0 Å². The lowest BCUT2D eigenvalue weighted by Gasteiger charge is -2.20. The first-order chi connectivity index (χ1) is 11.5. The molecule has 1 fully saturated rings. The first-order valence-corrected chi connectivity index (χ1v) is 7.62. The topological polar surface area (TPSA) is 54.3 Å². The Labute approximate surface area is 137 Å². The Balaban J connectivity index is 1.69. The van der Waals surface area contributed by atoms with Gasteiger partial charge in [-0.25, -0.2) is 8.78 Å². The minimum absolute atomic E-state index is 0.0668. The molecule has 0 bridgehead atoms. The van der Waals surface area contributed by atoms with Crippen molar-refractivity contribution in [3.8, 4) is 0 Å². The summed E-state index contributed by atoms with van der Waals surface area (Å²) in [6.07, 6.45) is 2.09. The predicted molar refractivity (Wildman–Crippen MR) is 86.1 cm³/mol. The molecule has 0 radical (unpaired) electrons. The second kappa shape index (κ2) is 6.43. The van der Waals surface area contributed by atoms with Crippen LogP contribution in [-0.4, -0.2) is 29.6 Å². The smallest absolute Gasteiger partial charge is 0.251 e. The SMILES string of the molecule is Cn1ccc(C(=O)N[C@@H]2CCN(c3c(F)cccc3F)C2)cc1=O. The van der Waals surface area contributed by atoms with Crippen LogP contribution in [0.15, 0.2) is 41.3 Å². The summed E-state index contributed by atoms with van der Waals surface area (Å²) < 4.78 is 29.0. The van der Waals surface area contributed by atoms with E-state index in [0.29, 0.717) is 19.5 Å². The zero-order valence-corrected chi connectivity index (χ0v) is 13.1. The fourth-order valence-electron chi connectivity index (χ4n) is 2.83. The van der Waals surface area contributed by atoms with E-state index in [4.69, 9.17) is 0 Å². The molecule has 0 spiro atoms. The average molecular weight is 333 g/mol. The van der Waals surface area contributed by atoms with Crippen molar-refractivity contribution in [2.24, 2.45) is 7.05 Å². The largest absolute Gasteiger partial charge is 0.365 e. The average Bonchev–Trinajstić information content (AvgIpc) is 2.98. The predicted octanol–water partition coefficient (Wildman–Crippen LogP) is 1.67. The number of aryl methyl sites for hydroxylation is 1. The molecule has 1 aliphatic rings. The van der Waals surface area contributed by atoms with Crippen LogP contribution in [-0.2, 0) is 7.05 Å². The van der Waals surface area contributed by atoms with Crippen molar-refractivity contribution in [3.05, 3.63) is 64.1 Å². The van der Waals surface area contributed by atoms with Crippen molar-refractivity contribution in [1.82, 2.24) is 9.88 Å². The third-order valence-electron chi connectivity index (χ3n) is 4.14. The van der Waals surface area contributed by atoms with Crippen molar-refractivity contribution in [3.63, 3.8) is 0 Å². The van der Waals surface area contributed by atoms with Crippen LogP contribution in [0.3, 0.4) is 0 Å². The van der Waals surface area contributed by atoms with Crippen LogP contribution in [0.5, 0.6) is 0 Å². The van der Waals surface area contributed by atoms with Gasteiger partial charge in [0.25, 0.3) is 11.5 Å². The van der Waals surface area contributed by atoms with Crippen LogP contribution in [0, 0.1) is 11.6 Å². The zero-order valence-electron chi connectivity index (χ0n) is 13.1. The Kier molecular flexibility index (Phi) is 4.33. The quantitative estimate of drug-likeness (QED) is 0.930. The van der Waals surface area contributed by atoms with Crippen LogP contribution in [0.4, 0.5) is 14.5 Å². The number of nitrogens with zero attached hydrogens (tertiary/aromatic N) is 2. The number of rotatable bonds is 3. The molecule has 24 heavy (non-hydrogen) atoms. The summed E-state index contributed by atoms with van der Waals surface area (Å²) in [7, 11) is 1.60. The van der Waals surface area contributed by atoms with E-state index in [-0.39, 0.29) is 28.8 Å². The molecule has 126 valence electrons. The van der Waals surface area contributed by atoms with E-state index in [0.717, 1.165) is 0 Å². The van der Waals surface area contributed by atoms with Gasteiger partial charge < -0.3 is 14.8 Å². The molecule has 2 heterocycles. The van der Waals surface area contributed by atoms with Crippen LogP contribution in [0.2, 0.25) is 0 Å². The molecule has 5 nitrogen and oxygen atoms in total. The number of anilines is 1. The number of nitrogens with one attached hydrogen (secondary N) is 1. The van der Waals surface area contributed by atoms with Gasteiger partial charge in [0.05, 0.1) is 0 Å². The summed E-state index contributed by atoms with van der Waals surface area (Å²) in [6.45, 7) is 0.758. The fourth-order valence-corrected chi connectivity index (χ4v) is 2.83. The molecule has 7 heteroatoms. The van der Waals surface area contributed by atoms with Gasteiger partial charge in [-0.2, -0.15) is 0 Å². The number of amides is 1. The lowest BCUT2D eigenvalue weighted by Crippen LogP contribution is -2.37. The van der Waals surface area contributed by atoms with Gasteiger partial charge in [-0.3, -0.25) is 9.59 Å². The van der Waals surface area contributed by atoms with Gasteiger partial charge in [0.2, 0.25) is 0 Å². The van der Waals surface area contributed by atoms with Crippen molar-refractivity contribution >= 4 is 11.6 Å². The number of para-hydroxylation sites is 1. The maximum Gasteiger partial charge on any atom is 0.251 e. The lowest BCUT2D eigenvalue weighted by atomic mass is 10.2. The van der Waals surface area contributed by atoms with E-state index < -0.39 is 11.6 Å². The van der Waals surface area contributed by atoms with Gasteiger partial charge in [-0.1, -0.05) is 6.07 Å². The summed E-state index contributed by atoms with van der Waals surface area (Å²) in [5, 5.41) is 2.81. The van der Waals surface area contributed by atoms with Gasteiger partial charge in [-0.15, -0.1) is 0 Å². The molecule has 1 amide bonds. The van der Waals surface area contributed by atoms with Crippen molar-refractivity contribution in [2.45, 2.75) is 12.5 Å².